The Labute approximate surface area is 92.7 Å². The maximum absolute atomic E-state index is 6.11. The van der Waals surface area contributed by atoms with E-state index in [0.717, 1.165) is 12.3 Å². The summed E-state index contributed by atoms with van der Waals surface area (Å²) in [5.74, 6) is 7.00. The first kappa shape index (κ1) is 11.4. The van der Waals surface area contributed by atoms with Gasteiger partial charge in [0, 0.05) is 12.0 Å². The minimum absolute atomic E-state index is 0.00183. The smallest absolute Gasteiger partial charge is 0.0678 e. The van der Waals surface area contributed by atoms with E-state index in [-0.39, 0.29) is 11.2 Å². The summed E-state index contributed by atoms with van der Waals surface area (Å²) >= 11 is 0. The molecular formula is C12H24N2O. The molecule has 3 N–H and O–H groups in total. The van der Waals surface area contributed by atoms with Gasteiger partial charge in [-0.2, -0.15) is 0 Å². The summed E-state index contributed by atoms with van der Waals surface area (Å²) in [4.78, 5) is 0. The van der Waals surface area contributed by atoms with Gasteiger partial charge in [-0.05, 0) is 52.9 Å². The fraction of sp³-hybridized carbons (Fsp3) is 1.00. The molecule has 0 aromatic heterocycles. The zero-order valence-electron chi connectivity index (χ0n) is 10.3. The molecule has 1 saturated heterocycles. The minimum Gasteiger partial charge on any atom is -0.369 e. The van der Waals surface area contributed by atoms with Crippen molar-refractivity contribution in [3.8, 4) is 0 Å². The third-order valence-electron chi connectivity index (χ3n) is 3.90. The van der Waals surface area contributed by atoms with Crippen LogP contribution in [0.5, 0.6) is 0 Å². The van der Waals surface area contributed by atoms with Crippen LogP contribution in [0.15, 0.2) is 0 Å². The molecule has 1 heterocycles. The minimum atomic E-state index is -0.0525. The van der Waals surface area contributed by atoms with Crippen molar-refractivity contribution in [1.29, 1.82) is 0 Å². The number of ether oxygens (including phenoxy) is 1. The van der Waals surface area contributed by atoms with Crippen molar-refractivity contribution >= 4 is 0 Å². The second-order valence-electron chi connectivity index (χ2n) is 6.31. The molecule has 1 aliphatic carbocycles. The van der Waals surface area contributed by atoms with Gasteiger partial charge in [0.1, 0.15) is 0 Å². The average molecular weight is 212 g/mol. The number of hydrogen-bond donors (Lipinski definition) is 2. The highest BCUT2D eigenvalue weighted by atomic mass is 16.5. The summed E-state index contributed by atoms with van der Waals surface area (Å²) in [7, 11) is 0. The van der Waals surface area contributed by atoms with E-state index < -0.39 is 0 Å². The molecule has 0 spiro atoms. The number of nitrogens with one attached hydrogen (secondary N) is 1. The lowest BCUT2D eigenvalue weighted by Crippen LogP contribution is -2.48. The monoisotopic (exact) mass is 212 g/mol. The molecule has 0 amide bonds. The van der Waals surface area contributed by atoms with Crippen LogP contribution >= 0.6 is 0 Å². The first-order valence-electron chi connectivity index (χ1n) is 6.02. The first-order chi connectivity index (χ1) is 6.86. The van der Waals surface area contributed by atoms with Crippen LogP contribution in [0.4, 0.5) is 0 Å². The van der Waals surface area contributed by atoms with Crippen LogP contribution in [-0.2, 0) is 4.74 Å². The van der Waals surface area contributed by atoms with Crippen molar-refractivity contribution in [2.45, 2.75) is 64.2 Å². The molecule has 2 aliphatic rings. The van der Waals surface area contributed by atoms with E-state index in [1.165, 1.54) is 12.8 Å². The van der Waals surface area contributed by atoms with E-state index in [2.05, 4.69) is 33.1 Å². The predicted octanol–water partition coefficient (Wildman–Crippen LogP) is 1.82. The Morgan fingerprint density at radius 1 is 1.27 bits per heavy atom. The molecule has 2 rings (SSSR count). The van der Waals surface area contributed by atoms with Crippen molar-refractivity contribution in [3.63, 3.8) is 0 Å². The SMILES string of the molecule is CC1(C)CC(C(NN)C2CC2)C(C)(C)O1. The summed E-state index contributed by atoms with van der Waals surface area (Å²) in [6, 6.07) is 0.432. The zero-order chi connectivity index (χ0) is 11.3. The van der Waals surface area contributed by atoms with Gasteiger partial charge in [-0.1, -0.05) is 0 Å². The van der Waals surface area contributed by atoms with E-state index in [1.807, 2.05) is 0 Å². The molecule has 2 unspecified atom stereocenters. The fourth-order valence-electron chi connectivity index (χ4n) is 3.20. The van der Waals surface area contributed by atoms with Crippen molar-refractivity contribution in [3.05, 3.63) is 0 Å². The lowest BCUT2D eigenvalue weighted by Gasteiger charge is -2.32. The van der Waals surface area contributed by atoms with Gasteiger partial charge in [0.15, 0.2) is 0 Å². The van der Waals surface area contributed by atoms with Gasteiger partial charge in [-0.25, -0.2) is 0 Å². The largest absolute Gasteiger partial charge is 0.369 e. The highest BCUT2D eigenvalue weighted by molar-refractivity contribution is 5.03. The average Bonchev–Trinajstić information content (AvgIpc) is 2.81. The van der Waals surface area contributed by atoms with Gasteiger partial charge in [0.05, 0.1) is 11.2 Å². The Hall–Kier alpha value is -0.120. The number of rotatable bonds is 3. The van der Waals surface area contributed by atoms with Crippen molar-refractivity contribution in [2.75, 3.05) is 0 Å². The molecule has 0 aromatic carbocycles. The highest BCUT2D eigenvalue weighted by Crippen LogP contribution is 2.48. The van der Waals surface area contributed by atoms with Crippen LogP contribution in [0.3, 0.4) is 0 Å². The standard InChI is InChI=1S/C12H24N2O/c1-11(2)7-9(12(3,4)15-11)10(14-13)8-5-6-8/h8-10,14H,5-7,13H2,1-4H3. The zero-order valence-corrected chi connectivity index (χ0v) is 10.3. The lowest BCUT2D eigenvalue weighted by atomic mass is 9.80. The Balaban J connectivity index is 2.13. The highest BCUT2D eigenvalue weighted by Gasteiger charge is 2.51. The molecule has 15 heavy (non-hydrogen) atoms. The summed E-state index contributed by atoms with van der Waals surface area (Å²) in [5.41, 5.74) is 2.97. The van der Waals surface area contributed by atoms with E-state index in [1.54, 1.807) is 0 Å². The van der Waals surface area contributed by atoms with E-state index in [9.17, 15) is 0 Å². The van der Waals surface area contributed by atoms with Gasteiger partial charge in [0.25, 0.3) is 0 Å². The van der Waals surface area contributed by atoms with E-state index in [0.29, 0.717) is 12.0 Å². The van der Waals surface area contributed by atoms with Crippen LogP contribution < -0.4 is 11.3 Å². The first-order valence-corrected chi connectivity index (χ1v) is 6.02. The second-order valence-corrected chi connectivity index (χ2v) is 6.31. The summed E-state index contributed by atoms with van der Waals surface area (Å²) in [6.45, 7) is 8.74. The molecule has 3 nitrogen and oxygen atoms in total. The molecule has 2 fully saturated rings. The molecule has 3 heteroatoms. The molecule has 0 aromatic rings. The van der Waals surface area contributed by atoms with Crippen LogP contribution in [0.2, 0.25) is 0 Å². The molecule has 0 bridgehead atoms. The molecule has 88 valence electrons. The third kappa shape index (κ3) is 2.19. The molecule has 1 aliphatic heterocycles. The van der Waals surface area contributed by atoms with Crippen molar-refractivity contribution in [2.24, 2.45) is 17.7 Å². The van der Waals surface area contributed by atoms with Crippen molar-refractivity contribution < 1.29 is 4.74 Å². The Morgan fingerprint density at radius 3 is 2.20 bits per heavy atom. The Kier molecular flexibility index (Phi) is 2.61. The fourth-order valence-corrected chi connectivity index (χ4v) is 3.20. The Morgan fingerprint density at radius 2 is 1.87 bits per heavy atom. The summed E-state index contributed by atoms with van der Waals surface area (Å²) in [6.07, 6.45) is 3.75. The Bertz CT molecular complexity index is 246. The van der Waals surface area contributed by atoms with Gasteiger partial charge in [-0.3, -0.25) is 11.3 Å². The van der Waals surface area contributed by atoms with Gasteiger partial charge < -0.3 is 4.74 Å². The lowest BCUT2D eigenvalue weighted by molar-refractivity contribution is -0.0784. The van der Waals surface area contributed by atoms with Gasteiger partial charge in [-0.15, -0.1) is 0 Å². The maximum Gasteiger partial charge on any atom is 0.0678 e. The van der Waals surface area contributed by atoms with Gasteiger partial charge >= 0.3 is 0 Å². The molecular weight excluding hydrogens is 188 g/mol. The summed E-state index contributed by atoms with van der Waals surface area (Å²) < 4.78 is 6.11. The quantitative estimate of drug-likeness (QED) is 0.554. The molecule has 0 radical (unpaired) electrons. The number of hydrogen-bond acceptors (Lipinski definition) is 3. The topological polar surface area (TPSA) is 47.3 Å². The van der Waals surface area contributed by atoms with Crippen molar-refractivity contribution in [1.82, 2.24) is 5.43 Å². The van der Waals surface area contributed by atoms with E-state index >= 15 is 0 Å². The third-order valence-corrected chi connectivity index (χ3v) is 3.90. The number of nitrogens with two attached hydrogens (primary N) is 1. The van der Waals surface area contributed by atoms with Crippen LogP contribution in [-0.4, -0.2) is 17.2 Å². The molecule has 1 saturated carbocycles. The van der Waals surface area contributed by atoms with Crippen LogP contribution in [0.1, 0.15) is 47.0 Å². The van der Waals surface area contributed by atoms with Crippen LogP contribution in [0.25, 0.3) is 0 Å². The van der Waals surface area contributed by atoms with Crippen LogP contribution in [0, 0.1) is 11.8 Å². The van der Waals surface area contributed by atoms with Gasteiger partial charge in [0.2, 0.25) is 0 Å². The summed E-state index contributed by atoms with van der Waals surface area (Å²) in [5, 5.41) is 0. The second kappa shape index (κ2) is 3.44. The van der Waals surface area contributed by atoms with E-state index in [4.69, 9.17) is 10.6 Å². The molecule has 2 atom stereocenters. The predicted molar refractivity (Wildman–Crippen MR) is 61.2 cm³/mol. The maximum atomic E-state index is 6.11. The number of hydrazine groups is 1. The normalized spacial score (nSPS) is 35.4.